The van der Waals surface area contributed by atoms with Crippen molar-refractivity contribution in [1.29, 1.82) is 0 Å². The average molecular weight is 485 g/mol. The van der Waals surface area contributed by atoms with Crippen molar-refractivity contribution in [1.82, 2.24) is 20.4 Å². The molecule has 2 aliphatic rings. The highest BCUT2D eigenvalue weighted by Gasteiger charge is 2.49. The third-order valence-corrected chi connectivity index (χ3v) is 5.95. The van der Waals surface area contributed by atoms with Crippen molar-refractivity contribution < 1.29 is 23.5 Å². The Labute approximate surface area is 185 Å². The number of rotatable bonds is 4. The van der Waals surface area contributed by atoms with Crippen molar-refractivity contribution in [2.45, 2.75) is 19.0 Å². The summed E-state index contributed by atoms with van der Waals surface area (Å²) < 4.78 is 17.6. The minimum atomic E-state index is -1.25. The number of nitrogens with one attached hydrogen (secondary N) is 1. The van der Waals surface area contributed by atoms with Crippen LogP contribution in [0.3, 0.4) is 0 Å². The van der Waals surface area contributed by atoms with Gasteiger partial charge in [-0.2, -0.15) is 0 Å². The summed E-state index contributed by atoms with van der Waals surface area (Å²) in [6.07, 6.45) is 0. The number of amides is 3. The molecule has 5 rings (SSSR count). The number of benzene rings is 2. The Morgan fingerprint density at radius 1 is 1.10 bits per heavy atom. The highest BCUT2D eigenvalue weighted by atomic mass is 79.9. The second kappa shape index (κ2) is 7.38. The number of urea groups is 1. The Kier molecular flexibility index (Phi) is 4.66. The van der Waals surface area contributed by atoms with Crippen molar-refractivity contribution in [3.8, 4) is 23.0 Å². The lowest BCUT2D eigenvalue weighted by Crippen LogP contribution is -2.41. The van der Waals surface area contributed by atoms with Crippen LogP contribution in [0, 0.1) is 0 Å². The fourth-order valence-corrected chi connectivity index (χ4v) is 4.04. The van der Waals surface area contributed by atoms with Crippen molar-refractivity contribution in [3.05, 3.63) is 58.4 Å². The molecule has 3 heterocycles. The molecule has 3 aromatic rings. The molecule has 0 aliphatic carbocycles. The monoisotopic (exact) mass is 484 g/mol. The van der Waals surface area contributed by atoms with Gasteiger partial charge in [0.2, 0.25) is 11.8 Å². The van der Waals surface area contributed by atoms with Crippen LogP contribution in [0.4, 0.5) is 4.79 Å². The maximum atomic E-state index is 13.2. The van der Waals surface area contributed by atoms with Crippen LogP contribution in [0.5, 0.6) is 11.5 Å². The van der Waals surface area contributed by atoms with Gasteiger partial charge in [0, 0.05) is 4.47 Å². The zero-order valence-corrected chi connectivity index (χ0v) is 18.0. The van der Waals surface area contributed by atoms with E-state index in [2.05, 4.69) is 31.4 Å². The van der Waals surface area contributed by atoms with E-state index >= 15 is 0 Å². The maximum Gasteiger partial charge on any atom is 0.325 e. The summed E-state index contributed by atoms with van der Waals surface area (Å²) in [4.78, 5) is 26.9. The molecule has 2 aromatic carbocycles. The quantitative estimate of drug-likeness (QED) is 0.566. The van der Waals surface area contributed by atoms with E-state index in [9.17, 15) is 9.59 Å². The third-order valence-electron chi connectivity index (χ3n) is 5.26. The van der Waals surface area contributed by atoms with Crippen LogP contribution >= 0.6 is 15.9 Å². The summed E-state index contributed by atoms with van der Waals surface area (Å²) >= 11 is 3.44. The molecule has 1 fully saturated rings. The van der Waals surface area contributed by atoms with E-state index in [-0.39, 0.29) is 12.4 Å². The van der Waals surface area contributed by atoms with Crippen LogP contribution in [0.15, 0.2) is 51.4 Å². The average Bonchev–Trinajstić information content (AvgIpc) is 3.33. The lowest BCUT2D eigenvalue weighted by atomic mass is 9.91. The number of imide groups is 1. The van der Waals surface area contributed by atoms with E-state index < -0.39 is 17.5 Å². The van der Waals surface area contributed by atoms with Gasteiger partial charge in [0.05, 0.1) is 5.56 Å². The zero-order valence-electron chi connectivity index (χ0n) is 16.4. The van der Waals surface area contributed by atoms with Gasteiger partial charge in [-0.05, 0) is 52.7 Å². The van der Waals surface area contributed by atoms with Crippen LogP contribution in [0.25, 0.3) is 11.5 Å². The van der Waals surface area contributed by atoms with Crippen molar-refractivity contribution in [3.63, 3.8) is 0 Å². The van der Waals surface area contributed by atoms with E-state index in [0.29, 0.717) is 36.2 Å². The molecule has 1 unspecified atom stereocenters. The van der Waals surface area contributed by atoms with Gasteiger partial charge in [0.1, 0.15) is 25.3 Å². The van der Waals surface area contributed by atoms with Gasteiger partial charge in [0.25, 0.3) is 5.91 Å². The van der Waals surface area contributed by atoms with Gasteiger partial charge in [0.15, 0.2) is 11.5 Å². The Morgan fingerprint density at radius 3 is 2.68 bits per heavy atom. The number of halogens is 1. The Bertz CT molecular complexity index is 1200. The smallest absolute Gasteiger partial charge is 0.325 e. The van der Waals surface area contributed by atoms with Gasteiger partial charge in [-0.25, -0.2) is 4.79 Å². The number of carbonyl (C=O) groups excluding carboxylic acids is 2. The van der Waals surface area contributed by atoms with E-state index in [1.165, 1.54) is 0 Å². The highest BCUT2D eigenvalue weighted by molar-refractivity contribution is 9.10. The number of fused-ring (bicyclic) bond motifs is 1. The SMILES string of the molecule is CC1(c2ccc3c(c2)OCCO3)NC(=O)N(Cc2nnc(-c3ccccc3Br)o2)C1=O. The summed E-state index contributed by atoms with van der Waals surface area (Å²) in [7, 11) is 0. The number of aromatic nitrogens is 2. The molecule has 0 radical (unpaired) electrons. The fourth-order valence-electron chi connectivity index (χ4n) is 3.59. The molecule has 2 aliphatic heterocycles. The summed E-state index contributed by atoms with van der Waals surface area (Å²) in [5, 5.41) is 10.8. The van der Waals surface area contributed by atoms with Crippen LogP contribution in [-0.2, 0) is 16.9 Å². The van der Waals surface area contributed by atoms with Crippen LogP contribution in [0.2, 0.25) is 0 Å². The number of hydrogen-bond donors (Lipinski definition) is 1. The van der Waals surface area contributed by atoms with Gasteiger partial charge in [-0.15, -0.1) is 10.2 Å². The van der Waals surface area contributed by atoms with Crippen molar-refractivity contribution in [2.24, 2.45) is 0 Å². The van der Waals surface area contributed by atoms with Gasteiger partial charge < -0.3 is 19.2 Å². The number of ether oxygens (including phenoxy) is 2. The van der Waals surface area contributed by atoms with Gasteiger partial charge in [-0.3, -0.25) is 9.69 Å². The largest absolute Gasteiger partial charge is 0.486 e. The van der Waals surface area contributed by atoms with E-state index in [1.54, 1.807) is 25.1 Å². The summed E-state index contributed by atoms with van der Waals surface area (Å²) in [5.41, 5.74) is 0.0645. The second-order valence-corrected chi connectivity index (χ2v) is 8.14. The number of nitrogens with zero attached hydrogens (tertiary/aromatic N) is 3. The molecule has 158 valence electrons. The standard InChI is InChI=1S/C21H17BrN4O5/c1-21(12-6-7-15-16(10-12)30-9-8-29-15)19(27)26(20(28)23-21)11-17-24-25-18(31-17)13-4-2-3-5-14(13)22/h2-7,10H,8-9,11H2,1H3,(H,23,28). The minimum Gasteiger partial charge on any atom is -0.486 e. The molecule has 0 bridgehead atoms. The first-order valence-electron chi connectivity index (χ1n) is 9.57. The molecule has 1 aromatic heterocycles. The van der Waals surface area contributed by atoms with E-state index in [4.69, 9.17) is 13.9 Å². The molecule has 0 saturated carbocycles. The Morgan fingerprint density at radius 2 is 1.87 bits per heavy atom. The first kappa shape index (κ1) is 19.6. The first-order chi connectivity index (χ1) is 15.0. The fraction of sp³-hybridized carbons (Fsp3) is 0.238. The summed E-state index contributed by atoms with van der Waals surface area (Å²) in [5.74, 6) is 1.18. The first-order valence-corrected chi connectivity index (χ1v) is 10.4. The molecule has 31 heavy (non-hydrogen) atoms. The van der Waals surface area contributed by atoms with Gasteiger partial charge >= 0.3 is 6.03 Å². The van der Waals surface area contributed by atoms with E-state index in [0.717, 1.165) is 14.9 Å². The van der Waals surface area contributed by atoms with E-state index in [1.807, 2.05) is 24.3 Å². The van der Waals surface area contributed by atoms with Crippen LogP contribution in [0.1, 0.15) is 18.4 Å². The lowest BCUT2D eigenvalue weighted by molar-refractivity contribution is -0.131. The second-order valence-electron chi connectivity index (χ2n) is 7.29. The minimum absolute atomic E-state index is 0.137. The van der Waals surface area contributed by atoms with Crippen LogP contribution in [-0.4, -0.2) is 40.2 Å². The normalized spacial score (nSPS) is 20.1. The molecule has 1 N–H and O–H groups in total. The lowest BCUT2D eigenvalue weighted by Gasteiger charge is -2.25. The van der Waals surface area contributed by atoms with Crippen molar-refractivity contribution in [2.75, 3.05) is 13.2 Å². The Balaban J connectivity index is 1.39. The molecule has 1 saturated heterocycles. The van der Waals surface area contributed by atoms with Gasteiger partial charge in [-0.1, -0.05) is 18.2 Å². The van der Waals surface area contributed by atoms with Crippen LogP contribution < -0.4 is 14.8 Å². The molecule has 1 atom stereocenters. The van der Waals surface area contributed by atoms with Crippen molar-refractivity contribution >= 4 is 27.9 Å². The summed E-state index contributed by atoms with van der Waals surface area (Å²) in [6, 6.07) is 12.1. The molecule has 3 amide bonds. The molecule has 0 spiro atoms. The topological polar surface area (TPSA) is 107 Å². The molecule has 10 heteroatoms. The Hall–Kier alpha value is -3.40. The number of carbonyl (C=O) groups is 2. The number of hydrogen-bond acceptors (Lipinski definition) is 7. The maximum absolute atomic E-state index is 13.2. The third kappa shape index (κ3) is 3.32. The molecular weight excluding hydrogens is 468 g/mol. The highest BCUT2D eigenvalue weighted by Crippen LogP contribution is 2.37. The predicted molar refractivity (Wildman–Crippen MR) is 111 cm³/mol. The predicted octanol–water partition coefficient (Wildman–Crippen LogP) is 3.24. The molecule has 9 nitrogen and oxygen atoms in total. The molecular formula is C21H17BrN4O5. The summed E-state index contributed by atoms with van der Waals surface area (Å²) in [6.45, 7) is 2.41. The zero-order chi connectivity index (χ0) is 21.6.